The van der Waals surface area contributed by atoms with E-state index in [4.69, 9.17) is 10.4 Å². The summed E-state index contributed by atoms with van der Waals surface area (Å²) in [5, 5.41) is 20.0. The van der Waals surface area contributed by atoms with E-state index in [1.807, 2.05) is 6.07 Å². The summed E-state index contributed by atoms with van der Waals surface area (Å²) >= 11 is 0. The number of carbonyl (C=O) groups is 2. The summed E-state index contributed by atoms with van der Waals surface area (Å²) in [6.07, 6.45) is 0.303. The van der Waals surface area contributed by atoms with Crippen molar-refractivity contribution in [2.45, 2.75) is 25.8 Å². The number of nitrogens with one attached hydrogen (secondary N) is 1. The van der Waals surface area contributed by atoms with Crippen molar-refractivity contribution < 1.29 is 14.7 Å². The van der Waals surface area contributed by atoms with Crippen LogP contribution in [0.3, 0.4) is 0 Å². The summed E-state index contributed by atoms with van der Waals surface area (Å²) in [4.78, 5) is 21.7. The number of rotatable bonds is 5. The first-order valence-electron chi connectivity index (χ1n) is 5.49. The van der Waals surface area contributed by atoms with Gasteiger partial charge in [-0.05, 0) is 24.1 Å². The molecule has 1 atom stereocenters. The fourth-order valence-electron chi connectivity index (χ4n) is 1.67. The van der Waals surface area contributed by atoms with Gasteiger partial charge in [-0.25, -0.2) is 0 Å². The van der Waals surface area contributed by atoms with Gasteiger partial charge in [-0.2, -0.15) is 5.26 Å². The second-order valence-electron chi connectivity index (χ2n) is 4.01. The summed E-state index contributed by atoms with van der Waals surface area (Å²) in [7, 11) is 0. The van der Waals surface area contributed by atoms with Crippen molar-refractivity contribution in [3.8, 4) is 6.07 Å². The number of carboxylic acid groups (broad SMARTS) is 1. The minimum atomic E-state index is -0.956. The van der Waals surface area contributed by atoms with Crippen LogP contribution >= 0.6 is 0 Å². The topological polar surface area (TPSA) is 90.2 Å². The van der Waals surface area contributed by atoms with Crippen molar-refractivity contribution in [2.75, 3.05) is 0 Å². The zero-order chi connectivity index (χ0) is 13.5. The molecule has 0 heterocycles. The number of aliphatic carboxylic acids is 1. The SMILES string of the molecule is CC(=O)N[C@@H](CC(=O)O)Cc1ccc(C#N)cc1. The molecule has 1 aromatic carbocycles. The lowest BCUT2D eigenvalue weighted by molar-refractivity contribution is -0.137. The number of carbonyl (C=O) groups excluding carboxylic acids is 1. The first-order valence-corrected chi connectivity index (χ1v) is 5.49. The van der Waals surface area contributed by atoms with E-state index >= 15 is 0 Å². The Morgan fingerprint density at radius 2 is 2.00 bits per heavy atom. The molecule has 0 aliphatic rings. The molecule has 1 amide bonds. The number of amides is 1. The molecule has 0 radical (unpaired) electrons. The Kier molecular flexibility index (Phi) is 4.88. The molecular formula is C13H14N2O3. The summed E-state index contributed by atoms with van der Waals surface area (Å²) in [5.74, 6) is -1.21. The number of nitrogens with zero attached hydrogens (tertiary/aromatic N) is 1. The molecule has 0 spiro atoms. The Hall–Kier alpha value is -2.35. The normalized spacial score (nSPS) is 11.3. The molecule has 0 aliphatic heterocycles. The highest BCUT2D eigenvalue weighted by Crippen LogP contribution is 2.08. The minimum Gasteiger partial charge on any atom is -0.481 e. The van der Waals surface area contributed by atoms with Crippen molar-refractivity contribution in [3.05, 3.63) is 35.4 Å². The lowest BCUT2D eigenvalue weighted by atomic mass is 10.0. The lowest BCUT2D eigenvalue weighted by Gasteiger charge is -2.15. The largest absolute Gasteiger partial charge is 0.481 e. The molecule has 94 valence electrons. The van der Waals surface area contributed by atoms with Crippen molar-refractivity contribution in [1.29, 1.82) is 5.26 Å². The van der Waals surface area contributed by atoms with Crippen molar-refractivity contribution in [2.24, 2.45) is 0 Å². The van der Waals surface area contributed by atoms with Crippen LogP contribution in [0.2, 0.25) is 0 Å². The van der Waals surface area contributed by atoms with Crippen LogP contribution in [0, 0.1) is 11.3 Å². The van der Waals surface area contributed by atoms with Gasteiger partial charge in [0.05, 0.1) is 18.1 Å². The average Bonchev–Trinajstić information content (AvgIpc) is 2.28. The maximum atomic E-state index is 11.0. The zero-order valence-corrected chi connectivity index (χ0v) is 10.0. The van der Waals surface area contributed by atoms with E-state index in [1.165, 1.54) is 6.92 Å². The summed E-state index contributed by atoms with van der Waals surface area (Å²) in [6.45, 7) is 1.35. The van der Waals surface area contributed by atoms with Gasteiger partial charge in [-0.1, -0.05) is 12.1 Å². The smallest absolute Gasteiger partial charge is 0.305 e. The third-order valence-corrected chi connectivity index (χ3v) is 2.39. The van der Waals surface area contributed by atoms with Crippen LogP contribution < -0.4 is 5.32 Å². The molecule has 0 saturated heterocycles. The van der Waals surface area contributed by atoms with Crippen LogP contribution in [0.25, 0.3) is 0 Å². The molecule has 1 aromatic rings. The molecule has 0 aromatic heterocycles. The van der Waals surface area contributed by atoms with Gasteiger partial charge < -0.3 is 10.4 Å². The molecule has 1 rings (SSSR count). The Bertz CT molecular complexity index is 458. The van der Waals surface area contributed by atoms with Crippen LogP contribution in [0.15, 0.2) is 24.3 Å². The van der Waals surface area contributed by atoms with E-state index in [-0.39, 0.29) is 12.3 Å². The molecule has 0 aliphatic carbocycles. The van der Waals surface area contributed by atoms with Crippen LogP contribution in [-0.4, -0.2) is 23.0 Å². The summed E-state index contributed by atoms with van der Waals surface area (Å²) < 4.78 is 0. The molecule has 5 nitrogen and oxygen atoms in total. The van der Waals surface area contributed by atoms with Crippen LogP contribution in [0.1, 0.15) is 24.5 Å². The molecule has 0 fully saturated rings. The van der Waals surface area contributed by atoms with E-state index in [1.54, 1.807) is 24.3 Å². The van der Waals surface area contributed by atoms with Gasteiger partial charge in [0.25, 0.3) is 0 Å². The van der Waals surface area contributed by atoms with Crippen LogP contribution in [-0.2, 0) is 16.0 Å². The van der Waals surface area contributed by atoms with Gasteiger partial charge in [0, 0.05) is 13.0 Å². The predicted octanol–water partition coefficient (Wildman–Crippen LogP) is 1.08. The highest BCUT2D eigenvalue weighted by atomic mass is 16.4. The maximum Gasteiger partial charge on any atom is 0.305 e. The van der Waals surface area contributed by atoms with Gasteiger partial charge in [0.15, 0.2) is 0 Å². The zero-order valence-electron chi connectivity index (χ0n) is 10.0. The van der Waals surface area contributed by atoms with E-state index in [0.717, 1.165) is 5.56 Å². The number of benzene rings is 1. The molecule has 0 saturated carbocycles. The third kappa shape index (κ3) is 4.66. The van der Waals surface area contributed by atoms with Gasteiger partial charge >= 0.3 is 5.97 Å². The van der Waals surface area contributed by atoms with Gasteiger partial charge in [0.1, 0.15) is 0 Å². The second-order valence-corrected chi connectivity index (χ2v) is 4.01. The summed E-state index contributed by atoms with van der Waals surface area (Å²) in [6, 6.07) is 8.42. The highest BCUT2D eigenvalue weighted by molar-refractivity contribution is 5.75. The number of nitriles is 1. The Morgan fingerprint density at radius 1 is 1.39 bits per heavy atom. The minimum absolute atomic E-state index is 0.125. The van der Waals surface area contributed by atoms with Gasteiger partial charge in [-0.3, -0.25) is 9.59 Å². The molecule has 18 heavy (non-hydrogen) atoms. The van der Waals surface area contributed by atoms with Crippen molar-refractivity contribution >= 4 is 11.9 Å². The van der Waals surface area contributed by atoms with Crippen molar-refractivity contribution in [3.63, 3.8) is 0 Å². The molecule has 0 bridgehead atoms. The second kappa shape index (κ2) is 6.40. The predicted molar refractivity (Wildman–Crippen MR) is 64.7 cm³/mol. The fourth-order valence-corrected chi connectivity index (χ4v) is 1.67. The molecule has 2 N–H and O–H groups in total. The highest BCUT2D eigenvalue weighted by Gasteiger charge is 2.14. The third-order valence-electron chi connectivity index (χ3n) is 2.39. The lowest BCUT2D eigenvalue weighted by Crippen LogP contribution is -2.36. The summed E-state index contributed by atoms with van der Waals surface area (Å²) in [5.41, 5.74) is 1.43. The maximum absolute atomic E-state index is 11.0. The first-order chi connectivity index (χ1) is 8.51. The number of hydrogen-bond acceptors (Lipinski definition) is 3. The molecular weight excluding hydrogens is 232 g/mol. The van der Waals surface area contributed by atoms with Crippen molar-refractivity contribution in [1.82, 2.24) is 5.32 Å². The standard InChI is InChI=1S/C13H14N2O3/c1-9(16)15-12(7-13(17)18)6-10-2-4-11(8-14)5-3-10/h2-5,12H,6-7H2,1H3,(H,15,16)(H,17,18)/t12-/m1/s1. The fraction of sp³-hybridized carbons (Fsp3) is 0.308. The van der Waals surface area contributed by atoms with E-state index in [0.29, 0.717) is 12.0 Å². The monoisotopic (exact) mass is 246 g/mol. The Morgan fingerprint density at radius 3 is 2.44 bits per heavy atom. The molecule has 0 unspecified atom stereocenters. The van der Waals surface area contributed by atoms with Gasteiger partial charge in [0.2, 0.25) is 5.91 Å². The Balaban J connectivity index is 2.72. The van der Waals surface area contributed by atoms with E-state index < -0.39 is 12.0 Å². The number of hydrogen-bond donors (Lipinski definition) is 2. The first kappa shape index (κ1) is 13.7. The molecule has 5 heteroatoms. The average molecular weight is 246 g/mol. The van der Waals surface area contributed by atoms with Crippen LogP contribution in [0.5, 0.6) is 0 Å². The Labute approximate surface area is 105 Å². The van der Waals surface area contributed by atoms with E-state index in [9.17, 15) is 9.59 Å². The van der Waals surface area contributed by atoms with Crippen LogP contribution in [0.4, 0.5) is 0 Å². The van der Waals surface area contributed by atoms with Gasteiger partial charge in [-0.15, -0.1) is 0 Å². The quantitative estimate of drug-likeness (QED) is 0.813. The van der Waals surface area contributed by atoms with E-state index in [2.05, 4.69) is 5.32 Å². The number of carboxylic acids is 1.